The Bertz CT molecular complexity index is 414. The quantitative estimate of drug-likeness (QED) is 0.864. The number of nitrogen functional groups attached to an aromatic ring is 1. The molecule has 0 unspecified atom stereocenters. The molecule has 1 aromatic rings. The highest BCUT2D eigenvalue weighted by Crippen LogP contribution is 2.23. The molecule has 1 fully saturated rings. The number of rotatable bonds is 4. The van der Waals surface area contributed by atoms with Gasteiger partial charge in [0.25, 0.3) is 0 Å². The lowest BCUT2D eigenvalue weighted by Crippen LogP contribution is -2.42. The molecule has 0 aliphatic carbocycles. The first kappa shape index (κ1) is 14.8. The van der Waals surface area contributed by atoms with Gasteiger partial charge in [-0.3, -0.25) is 4.90 Å². The Labute approximate surface area is 124 Å². The van der Waals surface area contributed by atoms with Crippen molar-refractivity contribution < 1.29 is 0 Å². The monoisotopic (exact) mass is 325 g/mol. The molecule has 0 radical (unpaired) electrons. The molecule has 0 atom stereocenters. The Morgan fingerprint density at radius 2 is 2.05 bits per heavy atom. The van der Waals surface area contributed by atoms with Gasteiger partial charge in [0.15, 0.2) is 0 Å². The maximum atomic E-state index is 5.83. The van der Waals surface area contributed by atoms with Crippen molar-refractivity contribution >= 4 is 21.6 Å². The van der Waals surface area contributed by atoms with Crippen molar-refractivity contribution in [2.24, 2.45) is 0 Å². The molecule has 1 aliphatic rings. The van der Waals surface area contributed by atoms with Crippen LogP contribution < -0.4 is 5.73 Å². The normalized spacial score (nSPS) is 18.1. The van der Waals surface area contributed by atoms with Crippen molar-refractivity contribution in [2.45, 2.75) is 32.4 Å². The number of hydrogen-bond acceptors (Lipinski definition) is 3. The molecule has 19 heavy (non-hydrogen) atoms. The van der Waals surface area contributed by atoms with Crippen LogP contribution in [-0.4, -0.2) is 42.5 Å². The van der Waals surface area contributed by atoms with E-state index >= 15 is 0 Å². The third kappa shape index (κ3) is 3.94. The zero-order valence-corrected chi connectivity index (χ0v) is 13.5. The van der Waals surface area contributed by atoms with Gasteiger partial charge in [0, 0.05) is 22.7 Å². The maximum absolute atomic E-state index is 5.83. The molecule has 4 heteroatoms. The number of hydrogen-bond donors (Lipinski definition) is 1. The molecule has 1 heterocycles. The predicted octanol–water partition coefficient (Wildman–Crippen LogP) is 2.95. The summed E-state index contributed by atoms with van der Waals surface area (Å²) in [6.07, 6.45) is 2.56. The molecule has 0 spiro atoms. The fourth-order valence-electron chi connectivity index (χ4n) is 2.76. The zero-order chi connectivity index (χ0) is 13.8. The average molecular weight is 326 g/mol. The number of anilines is 1. The third-order valence-corrected chi connectivity index (χ3v) is 4.81. The second-order valence-electron chi connectivity index (χ2n) is 5.44. The fourth-order valence-corrected chi connectivity index (χ4v) is 3.19. The minimum absolute atomic E-state index is 0.708. The molecule has 2 N–H and O–H groups in total. The highest BCUT2D eigenvalue weighted by molar-refractivity contribution is 9.10. The van der Waals surface area contributed by atoms with Gasteiger partial charge in [0.05, 0.1) is 0 Å². The maximum Gasteiger partial charge on any atom is 0.0458 e. The van der Waals surface area contributed by atoms with E-state index in [-0.39, 0.29) is 0 Å². The summed E-state index contributed by atoms with van der Waals surface area (Å²) in [6, 6.07) is 6.94. The van der Waals surface area contributed by atoms with E-state index in [9.17, 15) is 0 Å². The van der Waals surface area contributed by atoms with Crippen LogP contribution in [0.2, 0.25) is 0 Å². The zero-order valence-electron chi connectivity index (χ0n) is 11.9. The van der Waals surface area contributed by atoms with E-state index in [4.69, 9.17) is 5.73 Å². The molecule has 2 rings (SSSR count). The van der Waals surface area contributed by atoms with Crippen LogP contribution in [0.5, 0.6) is 0 Å². The molecule has 0 amide bonds. The number of likely N-dealkylation sites (tertiary alicyclic amines) is 1. The van der Waals surface area contributed by atoms with E-state index in [0.29, 0.717) is 6.04 Å². The van der Waals surface area contributed by atoms with Crippen molar-refractivity contribution in [2.75, 3.05) is 32.4 Å². The summed E-state index contributed by atoms with van der Waals surface area (Å²) in [5.41, 5.74) is 7.96. The second kappa shape index (κ2) is 6.73. The number of benzene rings is 1. The molecule has 106 valence electrons. The lowest BCUT2D eigenvalue weighted by Gasteiger charge is -2.36. The number of piperidine rings is 1. The van der Waals surface area contributed by atoms with Crippen molar-refractivity contribution in [1.82, 2.24) is 9.80 Å². The van der Waals surface area contributed by atoms with E-state index in [1.54, 1.807) is 0 Å². The van der Waals surface area contributed by atoms with Crippen LogP contribution in [-0.2, 0) is 6.54 Å². The molecule has 1 saturated heterocycles. The first-order valence-electron chi connectivity index (χ1n) is 7.06. The van der Waals surface area contributed by atoms with E-state index in [0.717, 1.165) is 16.7 Å². The van der Waals surface area contributed by atoms with Crippen LogP contribution in [0.4, 0.5) is 5.69 Å². The van der Waals surface area contributed by atoms with Gasteiger partial charge in [-0.15, -0.1) is 0 Å². The minimum atomic E-state index is 0.708. The van der Waals surface area contributed by atoms with E-state index in [1.807, 2.05) is 6.07 Å². The van der Waals surface area contributed by atoms with Crippen LogP contribution in [0.3, 0.4) is 0 Å². The SMILES string of the molecule is CCN1CCC(N(C)Cc2ccc(N)c(Br)c2)CC1. The largest absolute Gasteiger partial charge is 0.398 e. The summed E-state index contributed by atoms with van der Waals surface area (Å²) in [7, 11) is 2.23. The Balaban J connectivity index is 1.90. The molecule has 0 aromatic heterocycles. The molecule has 3 nitrogen and oxygen atoms in total. The third-order valence-electron chi connectivity index (χ3n) is 4.12. The Morgan fingerprint density at radius 3 is 2.63 bits per heavy atom. The smallest absolute Gasteiger partial charge is 0.0458 e. The highest BCUT2D eigenvalue weighted by atomic mass is 79.9. The van der Waals surface area contributed by atoms with Crippen molar-refractivity contribution in [3.8, 4) is 0 Å². The standard InChI is InChI=1S/C15H24BrN3/c1-3-19-8-6-13(7-9-19)18(2)11-12-4-5-15(17)14(16)10-12/h4-5,10,13H,3,6-9,11,17H2,1-2H3. The van der Waals surface area contributed by atoms with Gasteiger partial charge in [-0.05, 0) is 73.1 Å². The van der Waals surface area contributed by atoms with Crippen LogP contribution in [0.15, 0.2) is 22.7 Å². The topological polar surface area (TPSA) is 32.5 Å². The average Bonchev–Trinajstić information content (AvgIpc) is 2.43. The predicted molar refractivity (Wildman–Crippen MR) is 85.2 cm³/mol. The summed E-state index contributed by atoms with van der Waals surface area (Å²) < 4.78 is 0.999. The summed E-state index contributed by atoms with van der Waals surface area (Å²) >= 11 is 3.50. The van der Waals surface area contributed by atoms with Crippen LogP contribution in [0.25, 0.3) is 0 Å². The highest BCUT2D eigenvalue weighted by Gasteiger charge is 2.21. The molecule has 1 aliphatic heterocycles. The van der Waals surface area contributed by atoms with Crippen LogP contribution in [0.1, 0.15) is 25.3 Å². The number of halogens is 1. The lowest BCUT2D eigenvalue weighted by atomic mass is 10.0. The first-order chi connectivity index (χ1) is 9.10. The van der Waals surface area contributed by atoms with Gasteiger partial charge >= 0.3 is 0 Å². The van der Waals surface area contributed by atoms with Crippen LogP contribution in [0, 0.1) is 0 Å². The van der Waals surface area contributed by atoms with Gasteiger partial charge in [-0.2, -0.15) is 0 Å². The summed E-state index contributed by atoms with van der Waals surface area (Å²) in [6.45, 7) is 6.89. The van der Waals surface area contributed by atoms with Crippen molar-refractivity contribution in [1.29, 1.82) is 0 Å². The number of nitrogens with two attached hydrogens (primary N) is 1. The van der Waals surface area contributed by atoms with Crippen molar-refractivity contribution in [3.63, 3.8) is 0 Å². The molecule has 0 saturated carbocycles. The van der Waals surface area contributed by atoms with Gasteiger partial charge < -0.3 is 10.6 Å². The Morgan fingerprint density at radius 1 is 1.37 bits per heavy atom. The van der Waals surface area contributed by atoms with Gasteiger partial charge in [-0.25, -0.2) is 0 Å². The van der Waals surface area contributed by atoms with Gasteiger partial charge in [0.2, 0.25) is 0 Å². The number of nitrogens with zero attached hydrogens (tertiary/aromatic N) is 2. The van der Waals surface area contributed by atoms with Gasteiger partial charge in [0.1, 0.15) is 0 Å². The van der Waals surface area contributed by atoms with E-state index in [1.165, 1.54) is 38.0 Å². The fraction of sp³-hybridized carbons (Fsp3) is 0.600. The summed E-state index contributed by atoms with van der Waals surface area (Å²) in [4.78, 5) is 5.01. The second-order valence-corrected chi connectivity index (χ2v) is 6.29. The van der Waals surface area contributed by atoms with Crippen molar-refractivity contribution in [3.05, 3.63) is 28.2 Å². The van der Waals surface area contributed by atoms with Crippen LogP contribution >= 0.6 is 15.9 Å². The molecular formula is C15H24BrN3. The summed E-state index contributed by atoms with van der Waals surface area (Å²) in [5.74, 6) is 0. The van der Waals surface area contributed by atoms with E-state index < -0.39 is 0 Å². The molecule has 1 aromatic carbocycles. The van der Waals surface area contributed by atoms with Gasteiger partial charge in [-0.1, -0.05) is 13.0 Å². The summed E-state index contributed by atoms with van der Waals surface area (Å²) in [5, 5.41) is 0. The molecule has 0 bridgehead atoms. The lowest BCUT2D eigenvalue weighted by molar-refractivity contribution is 0.127. The molecular weight excluding hydrogens is 302 g/mol. The van der Waals surface area contributed by atoms with E-state index in [2.05, 4.69) is 51.8 Å². The Hall–Kier alpha value is -0.580. The first-order valence-corrected chi connectivity index (χ1v) is 7.86. The minimum Gasteiger partial charge on any atom is -0.398 e. The Kier molecular flexibility index (Phi) is 5.25.